The molecule has 1 fully saturated rings. The second-order valence-electron chi connectivity index (χ2n) is 6.47. The van der Waals surface area contributed by atoms with Crippen LogP contribution < -0.4 is 0 Å². The highest BCUT2D eigenvalue weighted by Crippen LogP contribution is 2.40. The summed E-state index contributed by atoms with van der Waals surface area (Å²) in [6, 6.07) is 12.3. The lowest BCUT2D eigenvalue weighted by atomic mass is 10.2. The smallest absolute Gasteiger partial charge is 0.236 e. The second kappa shape index (κ2) is 6.52. The van der Waals surface area contributed by atoms with Gasteiger partial charge in [0.15, 0.2) is 0 Å². The van der Waals surface area contributed by atoms with Gasteiger partial charge < -0.3 is 4.42 Å². The zero-order valence-electron chi connectivity index (χ0n) is 14.3. The molecule has 0 unspecified atom stereocenters. The molecule has 0 aliphatic heterocycles. The van der Waals surface area contributed by atoms with E-state index in [1.54, 1.807) is 23.1 Å². The first-order chi connectivity index (χ1) is 12.8. The Bertz CT molecular complexity index is 1070. The van der Waals surface area contributed by atoms with Crippen molar-refractivity contribution in [1.29, 1.82) is 0 Å². The van der Waals surface area contributed by atoms with Crippen LogP contribution in [-0.2, 0) is 5.75 Å². The van der Waals surface area contributed by atoms with Crippen molar-refractivity contribution in [1.82, 2.24) is 15.0 Å². The summed E-state index contributed by atoms with van der Waals surface area (Å²) in [5.74, 6) is 3.85. The van der Waals surface area contributed by atoms with Gasteiger partial charge in [-0.1, -0.05) is 36.0 Å². The Morgan fingerprint density at radius 2 is 2.00 bits per heavy atom. The van der Waals surface area contributed by atoms with Gasteiger partial charge in [-0.3, -0.25) is 0 Å². The maximum Gasteiger partial charge on any atom is 0.236 e. The third-order valence-electron chi connectivity index (χ3n) is 4.50. The average Bonchev–Trinajstić information content (AvgIpc) is 3.24. The number of thiophene rings is 1. The highest BCUT2D eigenvalue weighted by atomic mass is 32.2. The molecule has 130 valence electrons. The van der Waals surface area contributed by atoms with Gasteiger partial charge in [0.25, 0.3) is 0 Å². The van der Waals surface area contributed by atoms with Crippen LogP contribution in [0, 0.1) is 6.92 Å². The molecule has 0 amide bonds. The average molecular weight is 380 g/mol. The summed E-state index contributed by atoms with van der Waals surface area (Å²) < 4.78 is 5.86. The Kier molecular flexibility index (Phi) is 4.02. The van der Waals surface area contributed by atoms with Crippen LogP contribution in [0.25, 0.3) is 21.7 Å². The number of aryl methyl sites for hydroxylation is 1. The topological polar surface area (TPSA) is 51.8 Å². The molecular weight excluding hydrogens is 362 g/mol. The molecule has 3 heterocycles. The maximum atomic E-state index is 5.86. The molecule has 6 heteroatoms. The first kappa shape index (κ1) is 16.0. The number of benzene rings is 1. The van der Waals surface area contributed by atoms with Gasteiger partial charge >= 0.3 is 0 Å². The van der Waals surface area contributed by atoms with E-state index in [9.17, 15) is 0 Å². The minimum absolute atomic E-state index is 0.540. The van der Waals surface area contributed by atoms with E-state index in [1.807, 2.05) is 36.6 Å². The van der Waals surface area contributed by atoms with Crippen LogP contribution in [-0.4, -0.2) is 15.0 Å². The van der Waals surface area contributed by atoms with Crippen LogP contribution in [0.5, 0.6) is 0 Å². The number of para-hydroxylation sites is 1. The van der Waals surface area contributed by atoms with Crippen LogP contribution in [0.3, 0.4) is 0 Å². The van der Waals surface area contributed by atoms with Gasteiger partial charge in [-0.2, -0.15) is 0 Å². The highest BCUT2D eigenvalue weighted by Gasteiger charge is 2.27. The normalized spacial score (nSPS) is 14.2. The Hall–Kier alpha value is -2.18. The summed E-state index contributed by atoms with van der Waals surface area (Å²) >= 11 is 3.36. The molecule has 0 N–H and O–H groups in total. The van der Waals surface area contributed by atoms with Crippen molar-refractivity contribution in [3.05, 3.63) is 59.1 Å². The van der Waals surface area contributed by atoms with Crippen molar-refractivity contribution >= 4 is 34.0 Å². The fourth-order valence-electron chi connectivity index (χ4n) is 2.90. The molecule has 0 atom stereocenters. The van der Waals surface area contributed by atoms with E-state index in [-0.39, 0.29) is 0 Å². The Morgan fingerprint density at radius 3 is 2.81 bits per heavy atom. The van der Waals surface area contributed by atoms with Crippen molar-refractivity contribution in [2.45, 2.75) is 36.5 Å². The van der Waals surface area contributed by atoms with Crippen LogP contribution in [0.4, 0.5) is 0 Å². The molecule has 26 heavy (non-hydrogen) atoms. The molecule has 1 aromatic carbocycles. The van der Waals surface area contributed by atoms with Crippen molar-refractivity contribution in [2.24, 2.45) is 0 Å². The van der Waals surface area contributed by atoms with E-state index in [0.717, 1.165) is 43.8 Å². The predicted molar refractivity (Wildman–Crippen MR) is 106 cm³/mol. The lowest BCUT2D eigenvalue weighted by molar-refractivity contribution is 0.542. The first-order valence-electron chi connectivity index (χ1n) is 8.67. The fraction of sp³-hybridized carbons (Fsp3) is 0.250. The van der Waals surface area contributed by atoms with Crippen molar-refractivity contribution in [2.75, 3.05) is 0 Å². The van der Waals surface area contributed by atoms with E-state index < -0.39 is 0 Å². The molecular formula is C20H17N3OS2. The van der Waals surface area contributed by atoms with E-state index in [1.165, 1.54) is 12.8 Å². The lowest BCUT2D eigenvalue weighted by Gasteiger charge is -2.07. The largest absolute Gasteiger partial charge is 0.440 e. The number of oxazole rings is 1. The molecule has 0 spiro atoms. The number of fused-ring (bicyclic) bond motifs is 1. The molecule has 1 aliphatic carbocycles. The van der Waals surface area contributed by atoms with Crippen LogP contribution in [0.2, 0.25) is 0 Å². The molecule has 0 saturated heterocycles. The maximum absolute atomic E-state index is 5.86. The number of nitrogens with zero attached hydrogens (tertiary/aromatic N) is 3. The third-order valence-corrected chi connectivity index (χ3v) is 6.36. The van der Waals surface area contributed by atoms with Crippen LogP contribution in [0.1, 0.15) is 36.0 Å². The van der Waals surface area contributed by atoms with Crippen molar-refractivity contribution < 1.29 is 4.42 Å². The quantitative estimate of drug-likeness (QED) is 0.323. The summed E-state index contributed by atoms with van der Waals surface area (Å²) in [5.41, 5.74) is 2.01. The summed E-state index contributed by atoms with van der Waals surface area (Å²) in [4.78, 5) is 15.4. The number of hydrogen-bond donors (Lipinski definition) is 0. The van der Waals surface area contributed by atoms with E-state index in [4.69, 9.17) is 19.4 Å². The standard InChI is InChI=1S/C20H17N3OS2/c1-12-16(22-19(24-12)17-7-4-10-25-17)11-26-20-14-5-2-3-6-15(14)21-18(23-20)13-8-9-13/h2-7,10,13H,8-9,11H2,1H3. The van der Waals surface area contributed by atoms with E-state index in [0.29, 0.717) is 11.8 Å². The molecule has 1 saturated carbocycles. The summed E-state index contributed by atoms with van der Waals surface area (Å²) in [7, 11) is 0. The van der Waals surface area contributed by atoms with Gasteiger partial charge in [0.05, 0.1) is 16.1 Å². The molecule has 0 radical (unpaired) electrons. The van der Waals surface area contributed by atoms with Crippen molar-refractivity contribution in [3.8, 4) is 10.8 Å². The Labute approximate surface area is 159 Å². The van der Waals surface area contributed by atoms with Gasteiger partial charge in [-0.05, 0) is 37.3 Å². The molecule has 1 aliphatic rings. The van der Waals surface area contributed by atoms with E-state index in [2.05, 4.69) is 12.1 Å². The summed E-state index contributed by atoms with van der Waals surface area (Å²) in [5, 5.41) is 4.19. The number of hydrogen-bond acceptors (Lipinski definition) is 6. The molecule has 4 nitrogen and oxygen atoms in total. The van der Waals surface area contributed by atoms with Gasteiger partial charge in [0.2, 0.25) is 5.89 Å². The molecule has 5 rings (SSSR count). The number of aromatic nitrogens is 3. The zero-order valence-corrected chi connectivity index (χ0v) is 15.9. The number of rotatable bonds is 5. The van der Waals surface area contributed by atoms with Gasteiger partial charge in [-0.15, -0.1) is 11.3 Å². The van der Waals surface area contributed by atoms with Crippen LogP contribution in [0.15, 0.2) is 51.2 Å². The van der Waals surface area contributed by atoms with E-state index >= 15 is 0 Å². The number of thioether (sulfide) groups is 1. The second-order valence-corrected chi connectivity index (χ2v) is 8.38. The monoisotopic (exact) mass is 379 g/mol. The fourth-order valence-corrected chi connectivity index (χ4v) is 4.58. The summed E-state index contributed by atoms with van der Waals surface area (Å²) in [6.07, 6.45) is 2.41. The third kappa shape index (κ3) is 3.04. The minimum atomic E-state index is 0.540. The zero-order chi connectivity index (χ0) is 17.5. The Morgan fingerprint density at radius 1 is 1.12 bits per heavy atom. The summed E-state index contributed by atoms with van der Waals surface area (Å²) in [6.45, 7) is 1.98. The van der Waals surface area contributed by atoms with Gasteiger partial charge in [0.1, 0.15) is 16.6 Å². The predicted octanol–water partition coefficient (Wildman–Crippen LogP) is 5.82. The molecule has 0 bridgehead atoms. The Balaban J connectivity index is 1.45. The van der Waals surface area contributed by atoms with Gasteiger partial charge in [-0.25, -0.2) is 15.0 Å². The van der Waals surface area contributed by atoms with Crippen molar-refractivity contribution in [3.63, 3.8) is 0 Å². The van der Waals surface area contributed by atoms with Gasteiger partial charge in [0, 0.05) is 17.1 Å². The van der Waals surface area contributed by atoms with Crippen LogP contribution >= 0.6 is 23.1 Å². The minimum Gasteiger partial charge on any atom is -0.440 e. The first-order valence-corrected chi connectivity index (χ1v) is 10.5. The SMILES string of the molecule is Cc1oc(-c2cccs2)nc1CSc1nc(C2CC2)nc2ccccc12. The highest BCUT2D eigenvalue weighted by molar-refractivity contribution is 7.98. The molecule has 4 aromatic rings. The lowest BCUT2D eigenvalue weighted by Crippen LogP contribution is -1.96. The molecule has 3 aromatic heterocycles.